The molecule has 1 saturated heterocycles. The number of benzene rings is 2. The number of anilines is 1. The summed E-state index contributed by atoms with van der Waals surface area (Å²) in [7, 11) is -1.63. The summed E-state index contributed by atoms with van der Waals surface area (Å²) in [5, 5.41) is 2.81. The van der Waals surface area contributed by atoms with E-state index in [1.54, 1.807) is 6.07 Å². The van der Waals surface area contributed by atoms with E-state index in [1.165, 1.54) is 19.2 Å². The largest absolute Gasteiger partial charge is 0.495 e. The van der Waals surface area contributed by atoms with Gasteiger partial charge in [0.15, 0.2) is 9.84 Å². The van der Waals surface area contributed by atoms with Gasteiger partial charge in [-0.3, -0.25) is 14.5 Å². The minimum absolute atomic E-state index is 0.00406. The van der Waals surface area contributed by atoms with Gasteiger partial charge in [0, 0.05) is 18.7 Å². The fourth-order valence-electron chi connectivity index (χ4n) is 3.31. The van der Waals surface area contributed by atoms with Gasteiger partial charge in [-0.15, -0.1) is 0 Å². The summed E-state index contributed by atoms with van der Waals surface area (Å²) in [4.78, 5) is 26.6. The molecule has 0 aliphatic carbocycles. The molecule has 3 rings (SSSR count). The number of methoxy groups -OCH3 is 1. The maximum Gasteiger partial charge on any atom is 0.248 e. The maximum absolute atomic E-state index is 13.2. The van der Waals surface area contributed by atoms with Crippen LogP contribution in [0.25, 0.3) is 0 Å². The van der Waals surface area contributed by atoms with E-state index in [0.717, 1.165) is 5.56 Å². The lowest BCUT2D eigenvalue weighted by Crippen LogP contribution is -2.46. The Bertz CT molecular complexity index is 994. The second-order valence-electron chi connectivity index (χ2n) is 6.77. The van der Waals surface area contributed by atoms with Crippen LogP contribution < -0.4 is 15.8 Å². The van der Waals surface area contributed by atoms with Crippen LogP contribution in [0.1, 0.15) is 22.0 Å². The molecule has 1 atom stereocenters. The number of nitrogens with two attached hydrogens (primary N) is 1. The Morgan fingerprint density at radius 3 is 2.34 bits per heavy atom. The van der Waals surface area contributed by atoms with Gasteiger partial charge in [-0.2, -0.15) is 0 Å². The first-order valence-electron chi connectivity index (χ1n) is 9.09. The zero-order valence-corrected chi connectivity index (χ0v) is 16.8. The SMILES string of the molecule is COc1ccc(C(N)=O)cc1NC(=O)C(c1ccccc1)N1CCS(=O)(=O)CC1. The molecule has 0 saturated carbocycles. The van der Waals surface area contributed by atoms with Crippen molar-refractivity contribution >= 4 is 27.3 Å². The average Bonchev–Trinajstić information content (AvgIpc) is 2.70. The van der Waals surface area contributed by atoms with Gasteiger partial charge in [-0.1, -0.05) is 30.3 Å². The van der Waals surface area contributed by atoms with Gasteiger partial charge in [0.2, 0.25) is 11.8 Å². The zero-order chi connectivity index (χ0) is 21.0. The topological polar surface area (TPSA) is 119 Å². The number of hydrogen-bond acceptors (Lipinski definition) is 6. The van der Waals surface area contributed by atoms with Crippen molar-refractivity contribution in [3.05, 3.63) is 59.7 Å². The summed E-state index contributed by atoms with van der Waals surface area (Å²) in [6.07, 6.45) is 0. The molecule has 0 radical (unpaired) electrons. The highest BCUT2D eigenvalue weighted by atomic mass is 32.2. The van der Waals surface area contributed by atoms with E-state index in [9.17, 15) is 18.0 Å². The van der Waals surface area contributed by atoms with Gasteiger partial charge >= 0.3 is 0 Å². The van der Waals surface area contributed by atoms with Crippen LogP contribution >= 0.6 is 0 Å². The fraction of sp³-hybridized carbons (Fsp3) is 0.300. The van der Waals surface area contributed by atoms with Crippen LogP contribution in [0.4, 0.5) is 5.69 Å². The van der Waals surface area contributed by atoms with Crippen LogP contribution in [0, 0.1) is 0 Å². The number of amides is 2. The van der Waals surface area contributed by atoms with Crippen molar-refractivity contribution in [1.82, 2.24) is 4.90 Å². The third-order valence-corrected chi connectivity index (χ3v) is 6.46. The summed E-state index contributed by atoms with van der Waals surface area (Å²) in [5.74, 6) is -0.579. The summed E-state index contributed by atoms with van der Waals surface area (Å²) in [6, 6.07) is 13.0. The molecule has 154 valence electrons. The lowest BCUT2D eigenvalue weighted by Gasteiger charge is -2.33. The first-order valence-corrected chi connectivity index (χ1v) is 10.9. The molecule has 0 spiro atoms. The van der Waals surface area contributed by atoms with Crippen LogP contribution in [0.3, 0.4) is 0 Å². The number of carbonyl (C=O) groups excluding carboxylic acids is 2. The van der Waals surface area contributed by atoms with Crippen LogP contribution in [-0.4, -0.2) is 56.8 Å². The first-order chi connectivity index (χ1) is 13.8. The van der Waals surface area contributed by atoms with Crippen molar-refractivity contribution in [1.29, 1.82) is 0 Å². The monoisotopic (exact) mass is 417 g/mol. The highest BCUT2D eigenvalue weighted by molar-refractivity contribution is 7.91. The highest BCUT2D eigenvalue weighted by Crippen LogP contribution is 2.29. The van der Waals surface area contributed by atoms with Gasteiger partial charge < -0.3 is 15.8 Å². The zero-order valence-electron chi connectivity index (χ0n) is 16.0. The molecule has 1 heterocycles. The first kappa shape index (κ1) is 20.8. The number of ether oxygens (including phenoxy) is 1. The third kappa shape index (κ3) is 4.93. The number of carbonyl (C=O) groups is 2. The molecule has 1 unspecified atom stereocenters. The van der Waals surface area contributed by atoms with Crippen molar-refractivity contribution in [3.8, 4) is 5.75 Å². The lowest BCUT2D eigenvalue weighted by atomic mass is 10.0. The van der Waals surface area contributed by atoms with E-state index in [0.29, 0.717) is 11.4 Å². The molecule has 2 amide bonds. The highest BCUT2D eigenvalue weighted by Gasteiger charge is 2.33. The van der Waals surface area contributed by atoms with Gasteiger partial charge in [0.05, 0.1) is 24.3 Å². The van der Waals surface area contributed by atoms with Crippen LogP contribution in [0.15, 0.2) is 48.5 Å². The molecule has 1 aliphatic heterocycles. The van der Waals surface area contributed by atoms with Gasteiger partial charge in [-0.05, 0) is 23.8 Å². The van der Waals surface area contributed by atoms with E-state index in [4.69, 9.17) is 10.5 Å². The van der Waals surface area contributed by atoms with E-state index in [2.05, 4.69) is 5.32 Å². The minimum Gasteiger partial charge on any atom is -0.495 e. The van der Waals surface area contributed by atoms with Crippen molar-refractivity contribution < 1.29 is 22.7 Å². The number of rotatable bonds is 6. The van der Waals surface area contributed by atoms with Crippen molar-refractivity contribution in [2.75, 3.05) is 37.0 Å². The van der Waals surface area contributed by atoms with E-state index < -0.39 is 21.8 Å². The maximum atomic E-state index is 13.2. The predicted octanol–water partition coefficient (Wildman–Crippen LogP) is 1.20. The smallest absolute Gasteiger partial charge is 0.248 e. The number of nitrogens with one attached hydrogen (secondary N) is 1. The molecule has 0 bridgehead atoms. The van der Waals surface area contributed by atoms with Crippen molar-refractivity contribution in [3.63, 3.8) is 0 Å². The Labute approximate surface area is 169 Å². The number of sulfone groups is 1. The Kier molecular flexibility index (Phi) is 6.19. The van der Waals surface area contributed by atoms with Gasteiger partial charge in [0.25, 0.3) is 0 Å². The molecule has 2 aromatic carbocycles. The van der Waals surface area contributed by atoms with Gasteiger partial charge in [-0.25, -0.2) is 8.42 Å². The second-order valence-corrected chi connectivity index (χ2v) is 9.07. The summed E-state index contributed by atoms with van der Waals surface area (Å²) >= 11 is 0. The molecule has 2 aromatic rings. The number of hydrogen-bond donors (Lipinski definition) is 2. The predicted molar refractivity (Wildman–Crippen MR) is 110 cm³/mol. The molecule has 29 heavy (non-hydrogen) atoms. The van der Waals surface area contributed by atoms with E-state index in [1.807, 2.05) is 35.2 Å². The number of nitrogens with zero attached hydrogens (tertiary/aromatic N) is 1. The molecule has 3 N–H and O–H groups in total. The van der Waals surface area contributed by atoms with E-state index >= 15 is 0 Å². The molecule has 0 aromatic heterocycles. The van der Waals surface area contributed by atoms with Crippen molar-refractivity contribution in [2.45, 2.75) is 6.04 Å². The van der Waals surface area contributed by atoms with E-state index in [-0.39, 0.29) is 36.1 Å². The van der Waals surface area contributed by atoms with Crippen LogP contribution in [-0.2, 0) is 14.6 Å². The minimum atomic E-state index is -3.09. The Morgan fingerprint density at radius 1 is 1.10 bits per heavy atom. The Balaban J connectivity index is 1.92. The van der Waals surface area contributed by atoms with Crippen molar-refractivity contribution in [2.24, 2.45) is 5.73 Å². The Morgan fingerprint density at radius 2 is 1.76 bits per heavy atom. The summed E-state index contributed by atoms with van der Waals surface area (Å²) in [6.45, 7) is 0.515. The normalized spacial score (nSPS) is 17.3. The molecular formula is C20H23N3O5S. The van der Waals surface area contributed by atoms with Gasteiger partial charge in [0.1, 0.15) is 11.8 Å². The average molecular weight is 417 g/mol. The molecular weight excluding hydrogens is 394 g/mol. The standard InChI is InChI=1S/C20H23N3O5S/c1-28-17-8-7-15(19(21)24)13-16(17)22-20(25)18(14-5-3-2-4-6-14)23-9-11-29(26,27)12-10-23/h2-8,13,18H,9-12H2,1H3,(H2,21,24)(H,22,25). The molecule has 8 nitrogen and oxygen atoms in total. The van der Waals surface area contributed by atoms with Crippen LogP contribution in [0.5, 0.6) is 5.75 Å². The number of primary amides is 1. The second kappa shape index (κ2) is 8.62. The molecule has 1 aliphatic rings. The lowest BCUT2D eigenvalue weighted by molar-refractivity contribution is -0.121. The van der Waals surface area contributed by atoms with Crippen LogP contribution in [0.2, 0.25) is 0 Å². The quantitative estimate of drug-likeness (QED) is 0.729. The molecule has 9 heteroatoms. The fourth-order valence-corrected chi connectivity index (χ4v) is 4.54. The Hall–Kier alpha value is -2.91. The summed E-state index contributed by atoms with van der Waals surface area (Å²) in [5.41, 5.74) is 6.64. The third-order valence-electron chi connectivity index (χ3n) is 4.85. The summed E-state index contributed by atoms with van der Waals surface area (Å²) < 4.78 is 28.9. The molecule has 1 fully saturated rings.